The van der Waals surface area contributed by atoms with Gasteiger partial charge in [0.15, 0.2) is 0 Å². The maximum absolute atomic E-state index is 12.1. The van der Waals surface area contributed by atoms with Gasteiger partial charge in [-0.05, 0) is 43.3 Å². The number of pyridine rings is 1. The van der Waals surface area contributed by atoms with Crippen molar-refractivity contribution in [3.63, 3.8) is 0 Å². The van der Waals surface area contributed by atoms with Crippen LogP contribution in [0.25, 0.3) is 11.0 Å². The number of hydrazone groups is 1. The SMILES string of the molecule is C/C(=N\NC(=O)c1cccnc1)c1cc2cc(Cl)ccc2oc1=O. The van der Waals surface area contributed by atoms with Gasteiger partial charge in [-0.2, -0.15) is 5.10 Å². The Balaban J connectivity index is 1.90. The lowest BCUT2D eigenvalue weighted by Gasteiger charge is -2.04. The van der Waals surface area contributed by atoms with Gasteiger partial charge in [-0.15, -0.1) is 0 Å². The molecule has 3 rings (SSSR count). The Morgan fingerprint density at radius 1 is 1.29 bits per heavy atom. The topological polar surface area (TPSA) is 84.6 Å². The molecule has 0 atom stereocenters. The minimum Gasteiger partial charge on any atom is -0.422 e. The molecule has 1 amide bonds. The van der Waals surface area contributed by atoms with Crippen LogP contribution in [0.3, 0.4) is 0 Å². The normalized spacial score (nSPS) is 11.5. The number of aromatic nitrogens is 1. The molecule has 0 aliphatic heterocycles. The van der Waals surface area contributed by atoms with Gasteiger partial charge in [0.05, 0.1) is 16.8 Å². The molecule has 0 fully saturated rings. The van der Waals surface area contributed by atoms with Crippen molar-refractivity contribution in [2.45, 2.75) is 6.92 Å². The third-order valence-corrected chi connectivity index (χ3v) is 3.57. The largest absolute Gasteiger partial charge is 0.422 e. The molecule has 7 heteroatoms. The van der Waals surface area contributed by atoms with Gasteiger partial charge in [0, 0.05) is 22.8 Å². The van der Waals surface area contributed by atoms with Crippen molar-refractivity contribution in [1.82, 2.24) is 10.4 Å². The fraction of sp³-hybridized carbons (Fsp3) is 0.0588. The van der Waals surface area contributed by atoms with Gasteiger partial charge in [-0.1, -0.05) is 11.6 Å². The van der Waals surface area contributed by atoms with E-state index in [9.17, 15) is 9.59 Å². The van der Waals surface area contributed by atoms with Gasteiger partial charge < -0.3 is 4.42 Å². The number of fused-ring (bicyclic) bond motifs is 1. The van der Waals surface area contributed by atoms with E-state index in [-0.39, 0.29) is 5.56 Å². The summed E-state index contributed by atoms with van der Waals surface area (Å²) in [5, 5.41) is 5.16. The highest BCUT2D eigenvalue weighted by molar-refractivity contribution is 6.31. The zero-order valence-corrected chi connectivity index (χ0v) is 13.4. The third kappa shape index (κ3) is 3.33. The predicted octanol–water partition coefficient (Wildman–Crippen LogP) is 3.00. The molecule has 0 unspecified atom stereocenters. The number of carbonyl (C=O) groups is 1. The first-order valence-corrected chi connectivity index (χ1v) is 7.41. The fourth-order valence-electron chi connectivity index (χ4n) is 2.10. The molecule has 0 bridgehead atoms. The second-order valence-corrected chi connectivity index (χ2v) is 5.45. The number of benzene rings is 1. The van der Waals surface area contributed by atoms with Gasteiger partial charge in [-0.3, -0.25) is 9.78 Å². The summed E-state index contributed by atoms with van der Waals surface area (Å²) < 4.78 is 5.24. The van der Waals surface area contributed by atoms with Crippen LogP contribution < -0.4 is 11.1 Å². The Morgan fingerprint density at radius 3 is 2.88 bits per heavy atom. The number of hydrogen-bond donors (Lipinski definition) is 1. The second kappa shape index (κ2) is 6.64. The van der Waals surface area contributed by atoms with E-state index >= 15 is 0 Å². The molecule has 6 nitrogen and oxygen atoms in total. The fourth-order valence-corrected chi connectivity index (χ4v) is 2.28. The Labute approximate surface area is 141 Å². The molecule has 1 aromatic carbocycles. The van der Waals surface area contributed by atoms with Crippen molar-refractivity contribution in [2.75, 3.05) is 0 Å². The molecule has 0 spiro atoms. The van der Waals surface area contributed by atoms with Crippen molar-refractivity contribution in [3.05, 3.63) is 75.4 Å². The predicted molar refractivity (Wildman–Crippen MR) is 91.4 cm³/mol. The van der Waals surface area contributed by atoms with Crippen molar-refractivity contribution in [1.29, 1.82) is 0 Å². The van der Waals surface area contributed by atoms with Crippen LogP contribution in [0, 0.1) is 0 Å². The van der Waals surface area contributed by atoms with Gasteiger partial charge in [0.2, 0.25) is 0 Å². The summed E-state index contributed by atoms with van der Waals surface area (Å²) in [4.78, 5) is 27.9. The van der Waals surface area contributed by atoms with Crippen LogP contribution in [0.1, 0.15) is 22.8 Å². The first kappa shape index (κ1) is 15.9. The Hall–Kier alpha value is -2.99. The minimum atomic E-state index is -0.540. The first-order valence-electron chi connectivity index (χ1n) is 7.03. The quantitative estimate of drug-likeness (QED) is 0.451. The van der Waals surface area contributed by atoms with E-state index in [0.29, 0.717) is 27.3 Å². The number of amides is 1. The average Bonchev–Trinajstić information content (AvgIpc) is 2.60. The van der Waals surface area contributed by atoms with Crippen molar-refractivity contribution >= 4 is 34.2 Å². The molecule has 2 heterocycles. The summed E-state index contributed by atoms with van der Waals surface area (Å²) in [6.45, 7) is 1.60. The summed E-state index contributed by atoms with van der Waals surface area (Å²) in [5.74, 6) is -0.421. The zero-order valence-electron chi connectivity index (χ0n) is 12.6. The molecule has 0 aliphatic carbocycles. The van der Waals surface area contributed by atoms with E-state index in [0.717, 1.165) is 0 Å². The lowest BCUT2D eigenvalue weighted by molar-refractivity contribution is 0.0954. The van der Waals surface area contributed by atoms with Crippen molar-refractivity contribution in [3.8, 4) is 0 Å². The molecule has 0 saturated carbocycles. The Morgan fingerprint density at radius 2 is 2.12 bits per heavy atom. The molecule has 0 aliphatic rings. The number of carbonyl (C=O) groups excluding carboxylic acids is 1. The molecule has 2 aromatic heterocycles. The standard InChI is InChI=1S/C17H12ClN3O3/c1-10(20-21-16(22)11-3-2-6-19-9-11)14-8-12-7-13(18)4-5-15(12)24-17(14)23/h2-9H,1H3,(H,21,22)/b20-10+. The Bertz CT molecular complexity index is 997. The number of nitrogens with zero attached hydrogens (tertiary/aromatic N) is 2. The van der Waals surface area contributed by atoms with Crippen LogP contribution in [-0.4, -0.2) is 16.6 Å². The van der Waals surface area contributed by atoms with Gasteiger partial charge >= 0.3 is 5.63 Å². The van der Waals surface area contributed by atoms with Crippen molar-refractivity contribution in [2.24, 2.45) is 5.10 Å². The molecule has 1 N–H and O–H groups in total. The van der Waals surface area contributed by atoms with E-state index in [1.807, 2.05) is 0 Å². The zero-order chi connectivity index (χ0) is 17.1. The van der Waals surface area contributed by atoms with Crippen LogP contribution in [0.4, 0.5) is 0 Å². The summed E-state index contributed by atoms with van der Waals surface area (Å²) >= 11 is 5.95. The number of hydrogen-bond acceptors (Lipinski definition) is 5. The maximum atomic E-state index is 12.1. The van der Waals surface area contributed by atoms with E-state index in [2.05, 4.69) is 15.5 Å². The van der Waals surface area contributed by atoms with E-state index < -0.39 is 11.5 Å². The van der Waals surface area contributed by atoms with E-state index in [4.69, 9.17) is 16.0 Å². The van der Waals surface area contributed by atoms with Crippen LogP contribution in [-0.2, 0) is 0 Å². The smallest absolute Gasteiger partial charge is 0.345 e. The highest BCUT2D eigenvalue weighted by Crippen LogP contribution is 2.19. The lowest BCUT2D eigenvalue weighted by Crippen LogP contribution is -2.21. The van der Waals surface area contributed by atoms with E-state index in [1.54, 1.807) is 49.5 Å². The van der Waals surface area contributed by atoms with Crippen molar-refractivity contribution < 1.29 is 9.21 Å². The molecule has 0 radical (unpaired) electrons. The van der Waals surface area contributed by atoms with Crippen LogP contribution in [0.5, 0.6) is 0 Å². The maximum Gasteiger partial charge on any atom is 0.345 e. The molecule has 24 heavy (non-hydrogen) atoms. The van der Waals surface area contributed by atoms with Gasteiger partial charge in [-0.25, -0.2) is 10.2 Å². The first-order chi connectivity index (χ1) is 11.5. The summed E-state index contributed by atoms with van der Waals surface area (Å²) in [6.07, 6.45) is 2.99. The number of halogens is 1. The Kier molecular flexibility index (Phi) is 4.39. The van der Waals surface area contributed by atoms with Gasteiger partial charge in [0.25, 0.3) is 5.91 Å². The number of rotatable bonds is 3. The summed E-state index contributed by atoms with van der Waals surface area (Å²) in [5.41, 5.74) is 3.21. The van der Waals surface area contributed by atoms with Gasteiger partial charge in [0.1, 0.15) is 5.58 Å². The molecule has 120 valence electrons. The molecular formula is C17H12ClN3O3. The van der Waals surface area contributed by atoms with Crippen LogP contribution >= 0.6 is 11.6 Å². The molecule has 0 saturated heterocycles. The highest BCUT2D eigenvalue weighted by atomic mass is 35.5. The molecule has 3 aromatic rings. The molecular weight excluding hydrogens is 330 g/mol. The monoisotopic (exact) mass is 341 g/mol. The highest BCUT2D eigenvalue weighted by Gasteiger charge is 2.10. The summed E-state index contributed by atoms with van der Waals surface area (Å²) in [6, 6.07) is 9.83. The summed E-state index contributed by atoms with van der Waals surface area (Å²) in [7, 11) is 0. The van der Waals surface area contributed by atoms with Crippen LogP contribution in [0.2, 0.25) is 5.02 Å². The number of nitrogens with one attached hydrogen (secondary N) is 1. The lowest BCUT2D eigenvalue weighted by atomic mass is 10.1. The van der Waals surface area contributed by atoms with E-state index in [1.165, 1.54) is 6.20 Å². The average molecular weight is 342 g/mol. The minimum absolute atomic E-state index is 0.247. The second-order valence-electron chi connectivity index (χ2n) is 5.01. The third-order valence-electron chi connectivity index (χ3n) is 3.33. The van der Waals surface area contributed by atoms with Crippen LogP contribution in [0.15, 0.2) is 63.1 Å².